The number of esters is 1. The summed E-state index contributed by atoms with van der Waals surface area (Å²) in [4.78, 5) is 41.3. The molecule has 2 aromatic heterocycles. The SMILES string of the molecule is CCOC(=O)c1csc(C2CN(C(=O)OC(C)(C)C)CCN2C(c2ccc(F)cc2)c2ncc[nH]2)n1. The van der Waals surface area contributed by atoms with Crippen molar-refractivity contribution in [2.24, 2.45) is 0 Å². The molecule has 3 aromatic rings. The molecule has 192 valence electrons. The van der Waals surface area contributed by atoms with Crippen LogP contribution in [0.1, 0.15) is 66.7 Å². The molecule has 1 N–H and O–H groups in total. The molecule has 11 heteroatoms. The molecule has 36 heavy (non-hydrogen) atoms. The van der Waals surface area contributed by atoms with E-state index in [-0.39, 0.29) is 30.2 Å². The molecule has 0 saturated carbocycles. The van der Waals surface area contributed by atoms with E-state index in [9.17, 15) is 14.0 Å². The zero-order valence-electron chi connectivity index (χ0n) is 20.7. The number of aromatic nitrogens is 3. The van der Waals surface area contributed by atoms with Gasteiger partial charge in [0.2, 0.25) is 0 Å². The van der Waals surface area contributed by atoms with Gasteiger partial charge in [0.05, 0.1) is 18.7 Å². The van der Waals surface area contributed by atoms with Gasteiger partial charge in [0.15, 0.2) is 5.69 Å². The number of carbonyl (C=O) groups excluding carboxylic acids is 2. The molecule has 1 aliphatic heterocycles. The second kappa shape index (κ2) is 10.8. The maximum absolute atomic E-state index is 13.7. The molecular weight excluding hydrogens is 485 g/mol. The van der Waals surface area contributed by atoms with E-state index in [1.54, 1.807) is 41.7 Å². The van der Waals surface area contributed by atoms with Crippen molar-refractivity contribution in [2.75, 3.05) is 26.2 Å². The Balaban J connectivity index is 1.72. The summed E-state index contributed by atoms with van der Waals surface area (Å²) >= 11 is 1.33. The Morgan fingerprint density at radius 2 is 2.00 bits per heavy atom. The number of nitrogens with one attached hydrogen (secondary N) is 1. The second-order valence-corrected chi connectivity index (χ2v) is 10.3. The normalized spacial score (nSPS) is 17.6. The van der Waals surface area contributed by atoms with Crippen molar-refractivity contribution in [3.05, 3.63) is 69.9 Å². The highest BCUT2D eigenvalue weighted by Gasteiger charge is 2.40. The number of hydrogen-bond acceptors (Lipinski definition) is 8. The number of ether oxygens (including phenoxy) is 2. The first kappa shape index (κ1) is 25.8. The maximum atomic E-state index is 13.7. The first-order chi connectivity index (χ1) is 17.2. The van der Waals surface area contributed by atoms with Gasteiger partial charge in [-0.15, -0.1) is 11.3 Å². The molecule has 2 unspecified atom stereocenters. The lowest BCUT2D eigenvalue weighted by Gasteiger charge is -2.44. The molecule has 1 amide bonds. The highest BCUT2D eigenvalue weighted by molar-refractivity contribution is 7.09. The van der Waals surface area contributed by atoms with Crippen LogP contribution in [-0.4, -0.2) is 68.7 Å². The van der Waals surface area contributed by atoms with Crippen LogP contribution in [0.3, 0.4) is 0 Å². The molecule has 1 aliphatic rings. The Morgan fingerprint density at radius 1 is 1.25 bits per heavy atom. The van der Waals surface area contributed by atoms with Gasteiger partial charge in [-0.25, -0.2) is 23.9 Å². The van der Waals surface area contributed by atoms with Crippen LogP contribution in [0.15, 0.2) is 42.0 Å². The minimum atomic E-state index is -0.632. The highest BCUT2D eigenvalue weighted by atomic mass is 32.1. The topological polar surface area (TPSA) is 101 Å². The van der Waals surface area contributed by atoms with Crippen molar-refractivity contribution >= 4 is 23.4 Å². The van der Waals surface area contributed by atoms with Gasteiger partial charge in [0, 0.05) is 37.4 Å². The molecule has 1 saturated heterocycles. The number of imidazole rings is 1. The molecule has 3 heterocycles. The number of amides is 1. The molecule has 0 spiro atoms. The highest BCUT2D eigenvalue weighted by Crippen LogP contribution is 2.38. The molecule has 1 aromatic carbocycles. The number of rotatable bonds is 6. The third-order valence-corrected chi connectivity index (χ3v) is 6.61. The molecule has 2 atom stereocenters. The Morgan fingerprint density at radius 3 is 2.64 bits per heavy atom. The second-order valence-electron chi connectivity index (χ2n) is 9.40. The molecular formula is C25H30FN5O4S. The zero-order valence-corrected chi connectivity index (χ0v) is 21.5. The van der Waals surface area contributed by atoms with Crippen molar-refractivity contribution < 1.29 is 23.5 Å². The number of benzene rings is 1. The van der Waals surface area contributed by atoms with E-state index in [1.807, 2.05) is 20.8 Å². The van der Waals surface area contributed by atoms with Crippen LogP contribution >= 0.6 is 11.3 Å². The van der Waals surface area contributed by atoms with Crippen LogP contribution < -0.4 is 0 Å². The van der Waals surface area contributed by atoms with E-state index in [0.717, 1.165) is 5.56 Å². The van der Waals surface area contributed by atoms with Crippen molar-refractivity contribution in [1.82, 2.24) is 24.8 Å². The van der Waals surface area contributed by atoms with Gasteiger partial charge in [-0.3, -0.25) is 4.90 Å². The van der Waals surface area contributed by atoms with Gasteiger partial charge in [0.1, 0.15) is 22.3 Å². The summed E-state index contributed by atoms with van der Waals surface area (Å²) in [6.07, 6.45) is 2.99. The fourth-order valence-corrected chi connectivity index (χ4v) is 5.04. The molecule has 0 bridgehead atoms. The Bertz CT molecular complexity index is 1180. The largest absolute Gasteiger partial charge is 0.461 e. The Labute approximate surface area is 213 Å². The van der Waals surface area contributed by atoms with Crippen LogP contribution in [-0.2, 0) is 9.47 Å². The average molecular weight is 516 g/mol. The monoisotopic (exact) mass is 515 g/mol. The van der Waals surface area contributed by atoms with Crippen molar-refractivity contribution in [3.8, 4) is 0 Å². The number of aromatic amines is 1. The minimum Gasteiger partial charge on any atom is -0.461 e. The summed E-state index contributed by atoms with van der Waals surface area (Å²) in [7, 11) is 0. The molecule has 9 nitrogen and oxygen atoms in total. The predicted octanol–water partition coefficient (Wildman–Crippen LogP) is 4.57. The van der Waals surface area contributed by atoms with Gasteiger partial charge in [-0.1, -0.05) is 12.1 Å². The van der Waals surface area contributed by atoms with Crippen LogP contribution in [0.2, 0.25) is 0 Å². The van der Waals surface area contributed by atoms with E-state index in [2.05, 4.69) is 19.9 Å². The molecule has 0 aliphatic carbocycles. The average Bonchev–Trinajstić information content (AvgIpc) is 3.53. The Kier molecular flexibility index (Phi) is 7.70. The summed E-state index contributed by atoms with van der Waals surface area (Å²) in [6.45, 7) is 8.65. The standard InChI is InChI=1S/C25H30FN5O4S/c1-5-34-23(32)18-15-36-22(29-18)19-14-30(24(33)35-25(2,3)4)12-13-31(19)20(21-27-10-11-28-21)16-6-8-17(26)9-7-16/h6-11,15,19-20H,5,12-14H2,1-4H3,(H,27,28). The van der Waals surface area contributed by atoms with Gasteiger partial charge in [0.25, 0.3) is 0 Å². The van der Waals surface area contributed by atoms with E-state index in [4.69, 9.17) is 9.47 Å². The van der Waals surface area contributed by atoms with Crippen LogP contribution in [0, 0.1) is 5.82 Å². The number of carbonyl (C=O) groups is 2. The van der Waals surface area contributed by atoms with E-state index >= 15 is 0 Å². The van der Waals surface area contributed by atoms with Gasteiger partial charge in [-0.05, 0) is 45.4 Å². The first-order valence-corrected chi connectivity index (χ1v) is 12.6. The van der Waals surface area contributed by atoms with Gasteiger partial charge < -0.3 is 19.4 Å². The fraction of sp³-hybridized carbons (Fsp3) is 0.440. The van der Waals surface area contributed by atoms with E-state index in [1.165, 1.54) is 23.5 Å². The van der Waals surface area contributed by atoms with Gasteiger partial charge >= 0.3 is 12.1 Å². The predicted molar refractivity (Wildman–Crippen MR) is 132 cm³/mol. The number of halogens is 1. The quantitative estimate of drug-likeness (QED) is 0.480. The summed E-state index contributed by atoms with van der Waals surface area (Å²) in [5.74, 6) is -0.144. The summed E-state index contributed by atoms with van der Waals surface area (Å²) in [5.41, 5.74) is 0.430. The zero-order chi connectivity index (χ0) is 25.9. The third kappa shape index (κ3) is 5.90. The Hall–Kier alpha value is -3.31. The van der Waals surface area contributed by atoms with E-state index in [0.29, 0.717) is 30.5 Å². The fourth-order valence-electron chi connectivity index (χ4n) is 4.14. The van der Waals surface area contributed by atoms with Crippen LogP contribution in [0.25, 0.3) is 0 Å². The lowest BCUT2D eigenvalue weighted by atomic mass is 10.0. The van der Waals surface area contributed by atoms with Crippen molar-refractivity contribution in [3.63, 3.8) is 0 Å². The first-order valence-electron chi connectivity index (χ1n) is 11.8. The number of hydrogen-bond donors (Lipinski definition) is 1. The van der Waals surface area contributed by atoms with Crippen LogP contribution in [0.5, 0.6) is 0 Å². The summed E-state index contributed by atoms with van der Waals surface area (Å²) in [6, 6.07) is 5.55. The lowest BCUT2D eigenvalue weighted by Crippen LogP contribution is -2.52. The number of thiazole rings is 1. The maximum Gasteiger partial charge on any atom is 0.410 e. The summed E-state index contributed by atoms with van der Waals surface area (Å²) in [5, 5.41) is 2.32. The molecule has 4 rings (SSSR count). The minimum absolute atomic E-state index is 0.225. The van der Waals surface area contributed by atoms with Crippen molar-refractivity contribution in [1.29, 1.82) is 0 Å². The van der Waals surface area contributed by atoms with E-state index < -0.39 is 17.7 Å². The number of nitrogens with zero attached hydrogens (tertiary/aromatic N) is 4. The van der Waals surface area contributed by atoms with Gasteiger partial charge in [-0.2, -0.15) is 0 Å². The molecule has 0 radical (unpaired) electrons. The third-order valence-electron chi connectivity index (χ3n) is 5.66. The van der Waals surface area contributed by atoms with Crippen molar-refractivity contribution in [2.45, 2.75) is 45.4 Å². The lowest BCUT2D eigenvalue weighted by molar-refractivity contribution is -0.00282. The number of H-pyrrole nitrogens is 1. The smallest absolute Gasteiger partial charge is 0.410 e. The molecule has 1 fully saturated rings. The van der Waals surface area contributed by atoms with Crippen LogP contribution in [0.4, 0.5) is 9.18 Å². The number of piperazine rings is 1. The summed E-state index contributed by atoms with van der Waals surface area (Å²) < 4.78 is 24.5.